The zero-order valence-corrected chi connectivity index (χ0v) is 13.4. The van der Waals surface area contributed by atoms with Crippen LogP contribution in [-0.2, 0) is 16.1 Å². The van der Waals surface area contributed by atoms with Crippen molar-refractivity contribution in [3.05, 3.63) is 46.3 Å². The molecule has 0 aliphatic heterocycles. The van der Waals surface area contributed by atoms with Gasteiger partial charge in [0.2, 0.25) is 5.91 Å². The Morgan fingerprint density at radius 3 is 2.88 bits per heavy atom. The van der Waals surface area contributed by atoms with Gasteiger partial charge in [-0.3, -0.25) is 14.0 Å². The molecule has 0 unspecified atom stereocenters. The summed E-state index contributed by atoms with van der Waals surface area (Å²) in [6.45, 7) is 2.30. The number of hydrogen-bond donors (Lipinski definition) is 1. The highest BCUT2D eigenvalue weighted by molar-refractivity contribution is 5.87. The van der Waals surface area contributed by atoms with Crippen LogP contribution in [0, 0.1) is 12.7 Å². The van der Waals surface area contributed by atoms with Crippen LogP contribution in [0.25, 0.3) is 16.4 Å². The maximum absolute atomic E-state index is 13.4. The normalized spacial score (nSPS) is 11.3. The molecule has 1 N–H and O–H groups in total. The summed E-state index contributed by atoms with van der Waals surface area (Å²) in [4.78, 5) is 24.5. The Bertz CT molecular complexity index is 977. The number of halogens is 1. The first-order valence-electron chi connectivity index (χ1n) is 7.45. The van der Waals surface area contributed by atoms with E-state index < -0.39 is 5.56 Å². The van der Waals surface area contributed by atoms with Gasteiger partial charge in [0, 0.05) is 19.0 Å². The highest BCUT2D eigenvalue weighted by atomic mass is 19.1. The Morgan fingerprint density at radius 1 is 1.33 bits per heavy atom. The van der Waals surface area contributed by atoms with Crippen molar-refractivity contribution in [1.82, 2.24) is 19.5 Å². The summed E-state index contributed by atoms with van der Waals surface area (Å²) < 4.78 is 21.0. The first-order chi connectivity index (χ1) is 11.5. The van der Waals surface area contributed by atoms with E-state index in [0.29, 0.717) is 35.4 Å². The molecule has 0 saturated carbocycles. The summed E-state index contributed by atoms with van der Waals surface area (Å²) in [5, 5.41) is 7.45. The lowest BCUT2D eigenvalue weighted by molar-refractivity contribution is -0.122. The van der Waals surface area contributed by atoms with Gasteiger partial charge in [-0.2, -0.15) is 5.10 Å². The van der Waals surface area contributed by atoms with Crippen LogP contribution in [0.15, 0.2) is 29.1 Å². The lowest BCUT2D eigenvalue weighted by Gasteiger charge is -2.09. The number of benzene rings is 1. The van der Waals surface area contributed by atoms with Crippen LogP contribution in [0.3, 0.4) is 0 Å². The average Bonchev–Trinajstić information content (AvgIpc) is 2.91. The second kappa shape index (κ2) is 6.40. The van der Waals surface area contributed by atoms with Gasteiger partial charge >= 0.3 is 0 Å². The van der Waals surface area contributed by atoms with Crippen LogP contribution in [0.2, 0.25) is 0 Å². The van der Waals surface area contributed by atoms with E-state index in [4.69, 9.17) is 4.74 Å². The molecule has 7 nitrogen and oxygen atoms in total. The fourth-order valence-electron chi connectivity index (χ4n) is 2.68. The lowest BCUT2D eigenvalue weighted by Crippen LogP contribution is -2.36. The van der Waals surface area contributed by atoms with Gasteiger partial charge in [-0.1, -0.05) is 0 Å². The van der Waals surface area contributed by atoms with Gasteiger partial charge in [0.25, 0.3) is 5.56 Å². The lowest BCUT2D eigenvalue weighted by atomic mass is 10.2. The number of nitrogens with one attached hydrogen (secondary N) is 1. The Morgan fingerprint density at radius 2 is 2.12 bits per heavy atom. The number of methoxy groups -OCH3 is 1. The number of amides is 1. The summed E-state index contributed by atoms with van der Waals surface area (Å²) in [6.07, 6.45) is 0. The van der Waals surface area contributed by atoms with E-state index >= 15 is 0 Å². The van der Waals surface area contributed by atoms with Gasteiger partial charge in [0.15, 0.2) is 0 Å². The summed E-state index contributed by atoms with van der Waals surface area (Å²) >= 11 is 0. The number of fused-ring (bicyclic) bond motifs is 3. The van der Waals surface area contributed by atoms with E-state index in [1.807, 2.05) is 0 Å². The highest BCUT2D eigenvalue weighted by Crippen LogP contribution is 2.20. The maximum Gasteiger partial charge on any atom is 0.291 e. The Labute approximate surface area is 136 Å². The van der Waals surface area contributed by atoms with Crippen LogP contribution in [0.5, 0.6) is 0 Å². The molecule has 0 fully saturated rings. The smallest absolute Gasteiger partial charge is 0.291 e. The number of hydrogen-bond acceptors (Lipinski definition) is 4. The molecule has 2 heterocycles. The molecule has 0 atom stereocenters. The Kier molecular flexibility index (Phi) is 4.30. The molecule has 0 radical (unpaired) electrons. The van der Waals surface area contributed by atoms with Crippen molar-refractivity contribution < 1.29 is 13.9 Å². The van der Waals surface area contributed by atoms with Gasteiger partial charge in [0.1, 0.15) is 23.7 Å². The molecule has 0 aliphatic carbocycles. The van der Waals surface area contributed by atoms with Gasteiger partial charge in [-0.05, 0) is 31.2 Å². The van der Waals surface area contributed by atoms with Crippen LogP contribution < -0.4 is 10.9 Å². The summed E-state index contributed by atoms with van der Waals surface area (Å²) in [5.41, 5.74) is 0.650. The van der Waals surface area contributed by atoms with Crippen LogP contribution in [-0.4, -0.2) is 40.3 Å². The number of aromatic nitrogens is 3. The third kappa shape index (κ3) is 2.88. The number of rotatable bonds is 5. The maximum atomic E-state index is 13.4. The molecule has 8 heteroatoms. The van der Waals surface area contributed by atoms with E-state index in [9.17, 15) is 14.0 Å². The minimum absolute atomic E-state index is 0.185. The molecule has 0 aliphatic rings. The van der Waals surface area contributed by atoms with E-state index in [0.717, 1.165) is 4.68 Å². The Hall–Kier alpha value is -2.74. The van der Waals surface area contributed by atoms with Crippen LogP contribution in [0.4, 0.5) is 4.39 Å². The van der Waals surface area contributed by atoms with Gasteiger partial charge in [-0.25, -0.2) is 9.07 Å². The monoisotopic (exact) mass is 332 g/mol. The van der Waals surface area contributed by atoms with Gasteiger partial charge < -0.3 is 10.1 Å². The minimum atomic E-state index is -0.404. The van der Waals surface area contributed by atoms with Crippen molar-refractivity contribution >= 4 is 22.3 Å². The first kappa shape index (κ1) is 16.1. The quantitative estimate of drug-likeness (QED) is 0.703. The number of carbonyl (C=O) groups excluding carboxylic acids is 1. The van der Waals surface area contributed by atoms with Crippen molar-refractivity contribution in [2.45, 2.75) is 13.5 Å². The predicted molar refractivity (Wildman–Crippen MR) is 86.5 cm³/mol. The van der Waals surface area contributed by atoms with Crippen LogP contribution >= 0.6 is 0 Å². The third-order valence-electron chi connectivity index (χ3n) is 3.73. The number of aryl methyl sites for hydroxylation is 1. The van der Waals surface area contributed by atoms with Gasteiger partial charge in [-0.15, -0.1) is 0 Å². The summed E-state index contributed by atoms with van der Waals surface area (Å²) in [7, 11) is 1.54. The largest absolute Gasteiger partial charge is 0.383 e. The predicted octanol–water partition coefficient (Wildman–Crippen LogP) is 0.859. The summed E-state index contributed by atoms with van der Waals surface area (Å²) in [6, 6.07) is 5.91. The van der Waals surface area contributed by atoms with E-state index in [1.165, 1.54) is 19.2 Å². The number of nitrogens with zero attached hydrogens (tertiary/aromatic N) is 3. The Balaban J connectivity index is 2.02. The second-order valence-electron chi connectivity index (χ2n) is 5.42. The zero-order chi connectivity index (χ0) is 17.3. The standard InChI is InChI=1S/C16H17FN4O3/c1-10-19-20(9-15(22)18-5-6-24-2)16(23)14-8-11-7-12(17)3-4-13(11)21(10)14/h3-4,7-8H,5-6,9H2,1-2H3,(H,18,22). The minimum Gasteiger partial charge on any atom is -0.383 e. The molecule has 1 aromatic carbocycles. The first-order valence-corrected chi connectivity index (χ1v) is 7.45. The zero-order valence-electron chi connectivity index (χ0n) is 13.4. The SMILES string of the molecule is COCCNC(=O)Cn1nc(C)n2c(cc3cc(F)ccc32)c1=O. The molecule has 0 saturated heterocycles. The molecular weight excluding hydrogens is 315 g/mol. The van der Waals surface area contributed by atoms with Crippen molar-refractivity contribution in [1.29, 1.82) is 0 Å². The third-order valence-corrected chi connectivity index (χ3v) is 3.73. The molecule has 0 spiro atoms. The number of ether oxygens (including phenoxy) is 1. The topological polar surface area (TPSA) is 77.6 Å². The molecule has 24 heavy (non-hydrogen) atoms. The molecule has 126 valence electrons. The fraction of sp³-hybridized carbons (Fsp3) is 0.312. The van der Waals surface area contributed by atoms with Crippen LogP contribution in [0.1, 0.15) is 5.82 Å². The van der Waals surface area contributed by atoms with Crippen molar-refractivity contribution in [3.63, 3.8) is 0 Å². The molecule has 3 rings (SSSR count). The second-order valence-corrected chi connectivity index (χ2v) is 5.42. The van der Waals surface area contributed by atoms with Crippen molar-refractivity contribution in [3.8, 4) is 0 Å². The molecule has 3 aromatic rings. The highest BCUT2D eigenvalue weighted by Gasteiger charge is 2.14. The molecule has 2 aromatic heterocycles. The summed E-state index contributed by atoms with van der Waals surface area (Å²) in [5.74, 6) is -0.162. The van der Waals surface area contributed by atoms with Gasteiger partial charge in [0.05, 0.1) is 12.1 Å². The van der Waals surface area contributed by atoms with Crippen molar-refractivity contribution in [2.24, 2.45) is 0 Å². The van der Waals surface area contributed by atoms with Crippen molar-refractivity contribution in [2.75, 3.05) is 20.3 Å². The average molecular weight is 332 g/mol. The molecule has 0 bridgehead atoms. The molecular formula is C16H17FN4O3. The van der Waals surface area contributed by atoms with E-state index in [1.54, 1.807) is 23.5 Å². The number of carbonyl (C=O) groups is 1. The van der Waals surface area contributed by atoms with E-state index in [-0.39, 0.29) is 18.3 Å². The van der Waals surface area contributed by atoms with E-state index in [2.05, 4.69) is 10.4 Å². The molecule has 1 amide bonds. The fourth-order valence-corrected chi connectivity index (χ4v) is 2.68.